The van der Waals surface area contributed by atoms with E-state index in [9.17, 15) is 9.36 Å². The lowest BCUT2D eigenvalue weighted by molar-refractivity contribution is 0.187. The van der Waals surface area contributed by atoms with E-state index >= 15 is 0 Å². The zero-order valence-corrected chi connectivity index (χ0v) is 15.1. The number of benzene rings is 1. The number of carbonyl (C=O) groups excluding carboxylic acids is 1. The van der Waals surface area contributed by atoms with E-state index in [0.717, 1.165) is 5.56 Å². The predicted molar refractivity (Wildman–Crippen MR) is 92.3 cm³/mol. The van der Waals surface area contributed by atoms with Crippen LogP contribution in [0.2, 0.25) is 0 Å². The Balaban J connectivity index is 2.59. The molecule has 3 N–H and O–H groups in total. The van der Waals surface area contributed by atoms with E-state index in [0.29, 0.717) is 30.5 Å². The van der Waals surface area contributed by atoms with Crippen LogP contribution in [-0.2, 0) is 20.4 Å². The van der Waals surface area contributed by atoms with Crippen molar-refractivity contribution in [3.63, 3.8) is 0 Å². The van der Waals surface area contributed by atoms with E-state index in [4.69, 9.17) is 27.7 Å². The number of rotatable bonds is 10. The fourth-order valence-corrected chi connectivity index (χ4v) is 3.43. The van der Waals surface area contributed by atoms with Crippen molar-refractivity contribution in [3.05, 3.63) is 29.8 Å². The number of anilines is 1. The normalized spacial score (nSPS) is 11.3. The Labute approximate surface area is 145 Å². The maximum atomic E-state index is 12.5. The highest BCUT2D eigenvalue weighted by Crippen LogP contribution is 2.38. The Morgan fingerprint density at radius 2 is 1.70 bits per heavy atom. The van der Waals surface area contributed by atoms with Gasteiger partial charge in [0.2, 0.25) is 0 Å². The highest BCUT2D eigenvalue weighted by atomic mass is 35.5. The molecule has 0 spiro atoms. The molecule has 0 unspecified atom stereocenters. The molecule has 1 rings (SSSR count). The Morgan fingerprint density at radius 1 is 1.13 bits per heavy atom. The van der Waals surface area contributed by atoms with Gasteiger partial charge in [-0.15, -0.1) is 23.2 Å². The van der Waals surface area contributed by atoms with Crippen molar-refractivity contribution >= 4 is 42.7 Å². The predicted octanol–water partition coefficient (Wildman–Crippen LogP) is 3.15. The van der Waals surface area contributed by atoms with Crippen LogP contribution in [0.3, 0.4) is 0 Å². The van der Waals surface area contributed by atoms with Crippen LogP contribution in [0.15, 0.2) is 24.3 Å². The summed E-state index contributed by atoms with van der Waals surface area (Å²) < 4.78 is 22.5. The molecular weight excluding hydrogens is 364 g/mol. The molecule has 0 radical (unpaired) electrons. The first-order chi connectivity index (χ1) is 11.0. The molecule has 0 saturated carbocycles. The van der Waals surface area contributed by atoms with Crippen LogP contribution >= 0.6 is 30.9 Å². The van der Waals surface area contributed by atoms with Crippen molar-refractivity contribution in [1.29, 1.82) is 0 Å². The van der Waals surface area contributed by atoms with Crippen molar-refractivity contribution in [2.75, 3.05) is 37.3 Å². The van der Waals surface area contributed by atoms with Gasteiger partial charge < -0.3 is 9.26 Å². The fourth-order valence-electron chi connectivity index (χ4n) is 1.54. The number of amides is 1. The van der Waals surface area contributed by atoms with Gasteiger partial charge in [-0.1, -0.05) is 12.1 Å². The molecule has 1 aromatic carbocycles. The summed E-state index contributed by atoms with van der Waals surface area (Å²) in [6.45, 7) is 0.812. The molecule has 1 aromatic rings. The monoisotopic (exact) mass is 383 g/mol. The molecule has 0 aromatic heterocycles. The number of carbonyl (C=O) groups is 1. The second-order valence-electron chi connectivity index (χ2n) is 4.33. The minimum Gasteiger partial charge on any atom is -0.453 e. The first-order valence-corrected chi connectivity index (χ1v) is 9.53. The van der Waals surface area contributed by atoms with Gasteiger partial charge in [0.15, 0.2) is 0 Å². The number of halogens is 2. The number of alkyl halides is 2. The maximum absolute atomic E-state index is 12.5. The Hall–Kier alpha value is -0.820. The van der Waals surface area contributed by atoms with Crippen LogP contribution in [0.25, 0.3) is 0 Å². The third-order valence-corrected chi connectivity index (χ3v) is 4.78. The summed E-state index contributed by atoms with van der Waals surface area (Å²) in [6.07, 6.45) is -0.547. The Bertz CT molecular complexity index is 518. The van der Waals surface area contributed by atoms with Gasteiger partial charge in [-0.25, -0.2) is 15.0 Å². The zero-order chi connectivity index (χ0) is 17.1. The van der Waals surface area contributed by atoms with Crippen LogP contribution in [0.4, 0.5) is 10.5 Å². The van der Waals surface area contributed by atoms with E-state index in [1.54, 1.807) is 24.3 Å². The first-order valence-electron chi connectivity index (χ1n) is 6.83. The van der Waals surface area contributed by atoms with Gasteiger partial charge in [0.1, 0.15) is 0 Å². The summed E-state index contributed by atoms with van der Waals surface area (Å²) in [5, 5.41) is 8.04. The van der Waals surface area contributed by atoms with Gasteiger partial charge in [0, 0.05) is 30.5 Å². The van der Waals surface area contributed by atoms with Crippen LogP contribution in [0.5, 0.6) is 0 Å². The van der Waals surface area contributed by atoms with Crippen molar-refractivity contribution in [2.45, 2.75) is 6.61 Å². The average Bonchev–Trinajstić information content (AvgIpc) is 2.57. The molecule has 0 saturated heterocycles. The minimum absolute atomic E-state index is 0.125. The molecule has 0 aliphatic rings. The fraction of sp³-hybridized carbons (Fsp3) is 0.462. The molecular formula is C13H20Cl2N3O4P. The largest absolute Gasteiger partial charge is 0.453 e. The molecule has 0 aliphatic heterocycles. The van der Waals surface area contributed by atoms with Crippen molar-refractivity contribution < 1.29 is 18.6 Å². The van der Waals surface area contributed by atoms with Gasteiger partial charge in [0.25, 0.3) is 0 Å². The summed E-state index contributed by atoms with van der Waals surface area (Å²) in [6, 6.07) is 6.88. The van der Waals surface area contributed by atoms with Crippen molar-refractivity contribution in [2.24, 2.45) is 0 Å². The van der Waals surface area contributed by atoms with Gasteiger partial charge in [0.05, 0.1) is 13.7 Å². The quantitative estimate of drug-likeness (QED) is 0.424. The van der Waals surface area contributed by atoms with E-state index < -0.39 is 13.8 Å². The zero-order valence-electron chi connectivity index (χ0n) is 12.7. The lowest BCUT2D eigenvalue weighted by Crippen LogP contribution is -2.27. The molecule has 0 fully saturated rings. The van der Waals surface area contributed by atoms with Crippen LogP contribution in [-0.4, -0.2) is 38.1 Å². The number of nitrogens with one attached hydrogen (secondary N) is 3. The first kappa shape index (κ1) is 20.2. The van der Waals surface area contributed by atoms with Gasteiger partial charge in [-0.05, 0) is 17.7 Å². The molecule has 10 heteroatoms. The van der Waals surface area contributed by atoms with Gasteiger partial charge in [-0.3, -0.25) is 9.88 Å². The summed E-state index contributed by atoms with van der Waals surface area (Å²) in [7, 11) is -1.93. The van der Waals surface area contributed by atoms with Crippen molar-refractivity contribution in [3.8, 4) is 0 Å². The Kier molecular flexibility index (Phi) is 9.55. The molecule has 130 valence electrons. The van der Waals surface area contributed by atoms with E-state index in [-0.39, 0.29) is 6.61 Å². The highest BCUT2D eigenvalue weighted by molar-refractivity contribution is 7.54. The van der Waals surface area contributed by atoms with Gasteiger partial charge in [-0.2, -0.15) is 0 Å². The van der Waals surface area contributed by atoms with Crippen LogP contribution < -0.4 is 15.5 Å². The van der Waals surface area contributed by atoms with Crippen LogP contribution in [0, 0.1) is 0 Å². The molecule has 23 heavy (non-hydrogen) atoms. The lowest BCUT2D eigenvalue weighted by atomic mass is 10.2. The number of hydrogen-bond donors (Lipinski definition) is 3. The van der Waals surface area contributed by atoms with Crippen LogP contribution in [0.1, 0.15) is 5.56 Å². The third-order valence-electron chi connectivity index (χ3n) is 2.63. The standard InChI is InChI=1S/C13H20Cl2N3O4P/c1-21-13(19)18-12-4-2-11(3-5-12)10-22-23(20,16-8-6-14)17-9-7-15/h2-5H,6-10H2,1H3,(H,18,19)(H2,16,17,20). The smallest absolute Gasteiger partial charge is 0.411 e. The summed E-state index contributed by atoms with van der Waals surface area (Å²) in [4.78, 5) is 11.1. The highest BCUT2D eigenvalue weighted by Gasteiger charge is 2.21. The average molecular weight is 384 g/mol. The number of methoxy groups -OCH3 is 1. The minimum atomic E-state index is -3.22. The second kappa shape index (κ2) is 10.9. The van der Waals surface area contributed by atoms with E-state index in [1.165, 1.54) is 7.11 Å². The molecule has 0 atom stereocenters. The molecule has 0 heterocycles. The SMILES string of the molecule is COC(=O)Nc1ccc(COP(=O)(NCCCl)NCCCl)cc1. The summed E-state index contributed by atoms with van der Waals surface area (Å²) in [5.41, 5.74) is 1.38. The molecule has 0 aliphatic carbocycles. The maximum Gasteiger partial charge on any atom is 0.411 e. The molecule has 0 bridgehead atoms. The Morgan fingerprint density at radius 3 is 2.17 bits per heavy atom. The van der Waals surface area contributed by atoms with E-state index in [1.807, 2.05) is 0 Å². The second-order valence-corrected chi connectivity index (χ2v) is 7.08. The third kappa shape index (κ3) is 8.01. The molecule has 1 amide bonds. The topological polar surface area (TPSA) is 88.7 Å². The van der Waals surface area contributed by atoms with Gasteiger partial charge >= 0.3 is 13.8 Å². The summed E-state index contributed by atoms with van der Waals surface area (Å²) >= 11 is 11.2. The molecule has 7 nitrogen and oxygen atoms in total. The van der Waals surface area contributed by atoms with E-state index in [2.05, 4.69) is 20.2 Å². The van der Waals surface area contributed by atoms with Crippen molar-refractivity contribution in [1.82, 2.24) is 10.2 Å². The number of ether oxygens (including phenoxy) is 1. The summed E-state index contributed by atoms with van der Waals surface area (Å²) in [5.74, 6) is 0.619. The number of hydrogen-bond acceptors (Lipinski definition) is 4. The lowest BCUT2D eigenvalue weighted by Gasteiger charge is -2.19.